The summed E-state index contributed by atoms with van der Waals surface area (Å²) in [5, 5.41) is 4.40. The van der Waals surface area contributed by atoms with E-state index in [0.717, 1.165) is 0 Å². The van der Waals surface area contributed by atoms with Gasteiger partial charge in [0.2, 0.25) is 23.6 Å². The number of ether oxygens (including phenoxy) is 1. The van der Waals surface area contributed by atoms with E-state index >= 15 is 0 Å². The molecule has 0 spiro atoms. The molecule has 40 heavy (non-hydrogen) atoms. The molecule has 4 aromatic rings. The molecule has 3 aromatic carbocycles. The highest BCUT2D eigenvalue weighted by Crippen LogP contribution is 2.49. The molecule has 2 aliphatic rings. The van der Waals surface area contributed by atoms with E-state index in [1.807, 2.05) is 0 Å². The van der Waals surface area contributed by atoms with Crippen LogP contribution in [0.3, 0.4) is 0 Å². The Balaban J connectivity index is 1.22. The molecule has 2 heterocycles. The van der Waals surface area contributed by atoms with E-state index in [0.29, 0.717) is 46.2 Å². The average molecular weight is 537 g/mol. The summed E-state index contributed by atoms with van der Waals surface area (Å²) in [5.41, 5.74) is 5.82. The van der Waals surface area contributed by atoms with Gasteiger partial charge in [-0.1, -0.05) is 0 Å². The predicted octanol–water partition coefficient (Wildman–Crippen LogP) is 3.02. The number of halogens is 1. The molecule has 6 rings (SSSR count). The number of anilines is 4. The maximum Gasteiger partial charge on any atom is 0.270 e. The molecule has 1 fully saturated rings. The maximum absolute atomic E-state index is 13.6. The zero-order valence-corrected chi connectivity index (χ0v) is 20.9. The van der Waals surface area contributed by atoms with Gasteiger partial charge in [-0.05, 0) is 79.6 Å². The summed E-state index contributed by atoms with van der Waals surface area (Å²) in [4.78, 5) is 50.9. The van der Waals surface area contributed by atoms with Crippen molar-refractivity contribution in [2.45, 2.75) is 12.8 Å². The van der Waals surface area contributed by atoms with Gasteiger partial charge in [0, 0.05) is 40.6 Å². The summed E-state index contributed by atoms with van der Waals surface area (Å²) in [6.07, 6.45) is 3.71. The van der Waals surface area contributed by atoms with Crippen LogP contribution in [0.2, 0.25) is 0 Å². The molecule has 1 aromatic heterocycles. The van der Waals surface area contributed by atoms with Crippen LogP contribution in [0.4, 0.5) is 27.4 Å². The number of amides is 3. The van der Waals surface area contributed by atoms with Crippen LogP contribution in [-0.2, 0) is 14.4 Å². The van der Waals surface area contributed by atoms with E-state index in [2.05, 4.69) is 20.3 Å². The normalized spacial score (nSPS) is 14.4. The number of benzene rings is 3. The van der Waals surface area contributed by atoms with Crippen LogP contribution in [0, 0.1) is 11.2 Å². The quantitative estimate of drug-likeness (QED) is 0.330. The van der Waals surface area contributed by atoms with Crippen molar-refractivity contribution >= 4 is 46.8 Å². The number of hydrogen-bond acceptors (Lipinski definition) is 7. The minimum absolute atomic E-state index is 0.264. The number of nitrogens with one attached hydrogen (secondary N) is 1. The van der Waals surface area contributed by atoms with E-state index in [4.69, 9.17) is 10.5 Å². The van der Waals surface area contributed by atoms with Crippen LogP contribution >= 0.6 is 0 Å². The molecule has 1 aliphatic heterocycles. The molecule has 3 amide bonds. The third kappa shape index (κ3) is 4.75. The Morgan fingerprint density at radius 3 is 2.35 bits per heavy atom. The number of aromatic nitrogens is 2. The molecule has 0 bridgehead atoms. The standard InChI is InChI=1S/C29H21FN6O4/c30-18-1-4-20(5-2-18)36(27(39)29(12-13-29)26(31)38)21-6-8-22(9-7-21)40-25-11-14-32-28(35-25)33-19-3-10-23-17(15-19)16-24(37)34-23/h1-11,14-16H,12-13H2,(H2,31,38)(H,32,33,35). The van der Waals surface area contributed by atoms with Crippen molar-refractivity contribution in [2.24, 2.45) is 16.1 Å². The first-order valence-corrected chi connectivity index (χ1v) is 12.3. The van der Waals surface area contributed by atoms with Gasteiger partial charge in [0.25, 0.3) is 5.91 Å². The van der Waals surface area contributed by atoms with E-state index < -0.39 is 23.0 Å². The van der Waals surface area contributed by atoms with Gasteiger partial charge in [0.05, 0.1) is 5.36 Å². The fourth-order valence-electron chi connectivity index (χ4n) is 4.38. The molecular weight excluding hydrogens is 515 g/mol. The number of fused-ring (bicyclic) bond motifs is 1. The fraction of sp³-hybridized carbons (Fsp3) is 0.103. The molecular formula is C29H21FN6O4. The molecule has 11 heteroatoms. The predicted molar refractivity (Wildman–Crippen MR) is 143 cm³/mol. The third-order valence-corrected chi connectivity index (χ3v) is 6.66. The van der Waals surface area contributed by atoms with Gasteiger partial charge < -0.3 is 15.8 Å². The van der Waals surface area contributed by atoms with Crippen LogP contribution in [0.15, 0.2) is 84.0 Å². The van der Waals surface area contributed by atoms with Gasteiger partial charge in [-0.3, -0.25) is 19.3 Å². The number of hydrogen-bond donors (Lipinski definition) is 2. The Hall–Kier alpha value is -5.45. The Kier molecular flexibility index (Phi) is 6.03. The molecule has 0 atom stereocenters. The molecule has 198 valence electrons. The first-order valence-electron chi connectivity index (χ1n) is 12.3. The van der Waals surface area contributed by atoms with Crippen molar-refractivity contribution in [1.82, 2.24) is 9.97 Å². The summed E-state index contributed by atoms with van der Waals surface area (Å²) < 4.78 is 19.5. The number of nitrogens with zero attached hydrogens (tertiary/aromatic N) is 4. The van der Waals surface area contributed by atoms with Gasteiger partial charge >= 0.3 is 0 Å². The van der Waals surface area contributed by atoms with Gasteiger partial charge in [-0.25, -0.2) is 14.4 Å². The van der Waals surface area contributed by atoms with E-state index in [1.165, 1.54) is 41.4 Å². The minimum Gasteiger partial charge on any atom is -0.439 e. The highest BCUT2D eigenvalue weighted by molar-refractivity contribution is 6.16. The first-order chi connectivity index (χ1) is 19.3. The highest BCUT2D eigenvalue weighted by atomic mass is 19.1. The second-order valence-electron chi connectivity index (χ2n) is 9.37. The fourth-order valence-corrected chi connectivity index (χ4v) is 4.38. The zero-order valence-electron chi connectivity index (χ0n) is 20.9. The smallest absolute Gasteiger partial charge is 0.270 e. The van der Waals surface area contributed by atoms with E-state index in [9.17, 15) is 18.8 Å². The Labute approximate surface area is 226 Å². The Bertz CT molecular complexity index is 1790. The first kappa shape index (κ1) is 24.9. The van der Waals surface area contributed by atoms with Crippen molar-refractivity contribution in [3.63, 3.8) is 0 Å². The minimum atomic E-state index is -1.27. The van der Waals surface area contributed by atoms with E-state index in [-0.39, 0.29) is 17.7 Å². The average Bonchev–Trinajstić information content (AvgIpc) is 3.67. The number of carbonyl (C=O) groups excluding carboxylic acids is 3. The lowest BCUT2D eigenvalue weighted by atomic mass is 10.0. The molecule has 1 aliphatic carbocycles. The lowest BCUT2D eigenvalue weighted by Crippen LogP contribution is -2.41. The van der Waals surface area contributed by atoms with Gasteiger partial charge in [-0.2, -0.15) is 4.98 Å². The second kappa shape index (κ2) is 9.70. The number of primary amides is 1. The van der Waals surface area contributed by atoms with E-state index in [1.54, 1.807) is 48.5 Å². The molecule has 1 saturated carbocycles. The monoisotopic (exact) mass is 536 g/mol. The summed E-state index contributed by atoms with van der Waals surface area (Å²) in [6.45, 7) is 0. The summed E-state index contributed by atoms with van der Waals surface area (Å²) in [7, 11) is 0. The van der Waals surface area contributed by atoms with Gasteiger partial charge in [0.15, 0.2) is 0 Å². The number of nitrogens with two attached hydrogens (primary N) is 1. The molecule has 10 nitrogen and oxygen atoms in total. The second-order valence-corrected chi connectivity index (χ2v) is 9.37. The zero-order chi connectivity index (χ0) is 27.9. The van der Waals surface area contributed by atoms with Crippen molar-refractivity contribution in [2.75, 3.05) is 10.2 Å². The van der Waals surface area contributed by atoms with Crippen LogP contribution < -0.4 is 31.3 Å². The Morgan fingerprint density at radius 2 is 1.68 bits per heavy atom. The van der Waals surface area contributed by atoms with Crippen molar-refractivity contribution in [3.8, 4) is 11.6 Å². The maximum atomic E-state index is 13.6. The highest BCUT2D eigenvalue weighted by Gasteiger charge is 2.57. The molecule has 0 unspecified atom stereocenters. The van der Waals surface area contributed by atoms with Crippen molar-refractivity contribution < 1.29 is 23.5 Å². The summed E-state index contributed by atoms with van der Waals surface area (Å²) >= 11 is 0. The Morgan fingerprint density at radius 1 is 0.975 bits per heavy atom. The lowest BCUT2D eigenvalue weighted by molar-refractivity contribution is -0.133. The van der Waals surface area contributed by atoms with Gasteiger partial charge in [-0.15, -0.1) is 0 Å². The largest absolute Gasteiger partial charge is 0.439 e. The molecule has 0 radical (unpaired) electrons. The number of carbonyl (C=O) groups is 3. The van der Waals surface area contributed by atoms with Crippen LogP contribution in [0.1, 0.15) is 12.8 Å². The van der Waals surface area contributed by atoms with Gasteiger partial charge in [0.1, 0.15) is 17.0 Å². The number of rotatable bonds is 8. The molecule has 0 saturated heterocycles. The summed E-state index contributed by atoms with van der Waals surface area (Å²) in [5.74, 6) is -0.911. The van der Waals surface area contributed by atoms with Crippen molar-refractivity contribution in [1.29, 1.82) is 0 Å². The molecule has 3 N–H and O–H groups in total. The van der Waals surface area contributed by atoms with Crippen LogP contribution in [0.5, 0.6) is 11.6 Å². The third-order valence-electron chi connectivity index (χ3n) is 6.66. The topological polar surface area (TPSA) is 140 Å². The van der Waals surface area contributed by atoms with Crippen molar-refractivity contribution in [3.05, 3.63) is 95.4 Å². The SMILES string of the molecule is NC(=O)C1(C(=O)N(c2ccc(F)cc2)c2ccc(Oc3ccnc(Nc4ccc5c(c4)=CC(=O)N=5)n3)cc2)CC1. The van der Waals surface area contributed by atoms with Crippen LogP contribution in [0.25, 0.3) is 6.08 Å². The van der Waals surface area contributed by atoms with Crippen LogP contribution in [-0.4, -0.2) is 27.7 Å². The summed E-state index contributed by atoms with van der Waals surface area (Å²) in [6, 6.07) is 18.9. The lowest BCUT2D eigenvalue weighted by Gasteiger charge is -2.26.